The van der Waals surface area contributed by atoms with Gasteiger partial charge in [0, 0.05) is 0 Å². The van der Waals surface area contributed by atoms with Crippen LogP contribution < -0.4 is 0 Å². The van der Waals surface area contributed by atoms with Gasteiger partial charge in [0.05, 0.1) is 0 Å². The zero-order valence-electron chi connectivity index (χ0n) is 7.02. The molecule has 8 heavy (non-hydrogen) atoms. The van der Waals surface area contributed by atoms with Crippen LogP contribution in [0.2, 0.25) is 33.6 Å². The van der Waals surface area contributed by atoms with E-state index in [0.29, 0.717) is 0 Å². The molecule has 0 nitrogen and oxygen atoms in total. The summed E-state index contributed by atoms with van der Waals surface area (Å²) in [4.78, 5) is 0. The first-order valence-corrected chi connectivity index (χ1v) is 16.0. The SMILES string of the molecule is C[As](C)C.[CH3][Ga]([CH3])[CH3]. The predicted molar refractivity (Wildman–Crippen MR) is 46.7 cm³/mol. The Balaban J connectivity index is 0. The Kier molecular flexibility index (Phi) is 12.2. The van der Waals surface area contributed by atoms with E-state index in [4.69, 9.17) is 0 Å². The second-order valence-electron chi connectivity index (χ2n) is 3.07. The molecule has 0 N–H and O–H groups in total. The summed E-state index contributed by atoms with van der Waals surface area (Å²) in [7, 11) is 0. The van der Waals surface area contributed by atoms with Crippen LogP contribution in [0.5, 0.6) is 0 Å². The molecule has 0 spiro atoms. The molecule has 0 saturated heterocycles. The van der Waals surface area contributed by atoms with Crippen LogP contribution in [0.1, 0.15) is 0 Å². The topological polar surface area (TPSA) is 0 Å². The van der Waals surface area contributed by atoms with Gasteiger partial charge >= 0.3 is 64.4 Å². The first-order valence-electron chi connectivity index (χ1n) is 3.07. The molecule has 0 fully saturated rings. The summed E-state index contributed by atoms with van der Waals surface area (Å²) < 4.78 is 0. The molecule has 0 aliphatic carbocycles. The van der Waals surface area contributed by atoms with Crippen LogP contribution in [0, 0.1) is 0 Å². The second kappa shape index (κ2) is 8.19. The van der Waals surface area contributed by atoms with Gasteiger partial charge in [-0.05, 0) is 0 Å². The van der Waals surface area contributed by atoms with Gasteiger partial charge in [0.25, 0.3) is 0 Å². The van der Waals surface area contributed by atoms with Gasteiger partial charge < -0.3 is 0 Å². The van der Waals surface area contributed by atoms with Crippen molar-refractivity contribution in [2.75, 3.05) is 0 Å². The number of rotatable bonds is 0. The molecular formula is C6H18AsGa. The molecule has 0 aromatic heterocycles. The second-order valence-corrected chi connectivity index (χ2v) is 16.0. The fourth-order valence-corrected chi connectivity index (χ4v) is 0. The fourth-order valence-electron chi connectivity index (χ4n) is 0. The normalized spacial score (nSPS) is 7.88. The average molecular weight is 235 g/mol. The Morgan fingerprint density at radius 3 is 0.875 bits per heavy atom. The zero-order chi connectivity index (χ0) is 7.15. The molecule has 0 unspecified atom stereocenters. The van der Waals surface area contributed by atoms with Crippen LogP contribution in [0.4, 0.5) is 0 Å². The molecule has 0 aromatic rings. The average Bonchev–Trinajstić information content (AvgIpc) is 1.25. The van der Waals surface area contributed by atoms with Crippen LogP contribution in [0.25, 0.3) is 0 Å². The standard InChI is InChI=1S/C3H9As.3CH3.Ga/c1-4(2)3;;;;/h1-3H3;3*1H3;. The van der Waals surface area contributed by atoms with Gasteiger partial charge in [-0.15, -0.1) is 0 Å². The summed E-state index contributed by atoms with van der Waals surface area (Å²) in [6.45, 7) is 0. The van der Waals surface area contributed by atoms with E-state index >= 15 is 0 Å². The Morgan fingerprint density at radius 2 is 0.875 bits per heavy atom. The molecule has 2 heteroatoms. The molecule has 0 aliphatic rings. The molecule has 0 radical (unpaired) electrons. The Morgan fingerprint density at radius 1 is 0.875 bits per heavy atom. The van der Waals surface area contributed by atoms with E-state index in [1.165, 1.54) is 0 Å². The maximum absolute atomic E-state index is 2.35. The Labute approximate surface area is 64.3 Å². The van der Waals surface area contributed by atoms with E-state index in [0.717, 1.165) is 0 Å². The first kappa shape index (κ1) is 11.9. The molecule has 0 amide bonds. The maximum atomic E-state index is 2.35. The molecule has 0 heterocycles. The molecular weight excluding hydrogens is 217 g/mol. The molecule has 0 rings (SSSR count). The van der Waals surface area contributed by atoms with Crippen LogP contribution in [-0.2, 0) is 0 Å². The Hall–Kier alpha value is 1.19. The quantitative estimate of drug-likeness (QED) is 0.566. The van der Waals surface area contributed by atoms with E-state index in [-0.39, 0.29) is 14.7 Å². The summed E-state index contributed by atoms with van der Waals surface area (Å²) in [6, 6.07) is 0. The van der Waals surface area contributed by atoms with E-state index in [1.54, 1.807) is 0 Å². The van der Waals surface area contributed by atoms with Crippen LogP contribution >= 0.6 is 0 Å². The van der Waals surface area contributed by atoms with Gasteiger partial charge in [-0.25, -0.2) is 0 Å². The van der Waals surface area contributed by atoms with Crippen molar-refractivity contribution >= 4 is 30.9 Å². The van der Waals surface area contributed by atoms with Crippen LogP contribution in [-0.4, -0.2) is 30.9 Å². The molecule has 0 aromatic carbocycles. The van der Waals surface area contributed by atoms with Crippen molar-refractivity contribution in [3.05, 3.63) is 0 Å². The van der Waals surface area contributed by atoms with Gasteiger partial charge in [0.1, 0.15) is 0 Å². The summed E-state index contributed by atoms with van der Waals surface area (Å²) in [5, 5.41) is 0. The minimum atomic E-state index is -0.479. The first-order chi connectivity index (χ1) is 3.46. The van der Waals surface area contributed by atoms with Crippen molar-refractivity contribution in [1.29, 1.82) is 0 Å². The fraction of sp³-hybridized carbons (Fsp3) is 1.00. The monoisotopic (exact) mass is 234 g/mol. The van der Waals surface area contributed by atoms with Crippen LogP contribution in [0.3, 0.4) is 0 Å². The number of hydrogen-bond donors (Lipinski definition) is 0. The van der Waals surface area contributed by atoms with E-state index in [2.05, 4.69) is 33.6 Å². The Bertz CT molecular complexity index is 24.0. The summed E-state index contributed by atoms with van der Waals surface area (Å²) >= 11 is -0.667. The third-order valence-corrected chi connectivity index (χ3v) is 0. The predicted octanol–water partition coefficient (Wildman–Crippen LogP) is 2.74. The van der Waals surface area contributed by atoms with Gasteiger partial charge in [0.15, 0.2) is 0 Å². The molecule has 0 aliphatic heterocycles. The van der Waals surface area contributed by atoms with Gasteiger partial charge in [-0.3, -0.25) is 0 Å². The van der Waals surface area contributed by atoms with Crippen molar-refractivity contribution in [3.63, 3.8) is 0 Å². The van der Waals surface area contributed by atoms with Gasteiger partial charge in [0.2, 0.25) is 0 Å². The van der Waals surface area contributed by atoms with E-state index < -0.39 is 16.2 Å². The molecule has 50 valence electrons. The zero-order valence-corrected chi connectivity index (χ0v) is 11.3. The van der Waals surface area contributed by atoms with E-state index in [1.807, 2.05) is 0 Å². The van der Waals surface area contributed by atoms with Crippen LogP contribution in [0.15, 0.2) is 0 Å². The van der Waals surface area contributed by atoms with Crippen molar-refractivity contribution in [2.24, 2.45) is 0 Å². The minimum absolute atomic E-state index is 0.188. The molecule has 0 atom stereocenters. The van der Waals surface area contributed by atoms with E-state index in [9.17, 15) is 0 Å². The van der Waals surface area contributed by atoms with Crippen molar-refractivity contribution in [3.8, 4) is 0 Å². The number of hydrogen-bond acceptors (Lipinski definition) is 0. The van der Waals surface area contributed by atoms with Crippen molar-refractivity contribution in [1.82, 2.24) is 0 Å². The summed E-state index contributed by atoms with van der Waals surface area (Å²) in [5.41, 5.74) is 14.0. The molecule has 0 bridgehead atoms. The third kappa shape index (κ3) is 193. The summed E-state index contributed by atoms with van der Waals surface area (Å²) in [5.74, 6) is 0. The van der Waals surface area contributed by atoms with Gasteiger partial charge in [-0.2, -0.15) is 0 Å². The molecule has 0 saturated carbocycles. The third-order valence-electron chi connectivity index (χ3n) is 0. The van der Waals surface area contributed by atoms with Crippen molar-refractivity contribution < 1.29 is 0 Å². The van der Waals surface area contributed by atoms with Crippen molar-refractivity contribution in [2.45, 2.75) is 33.6 Å². The summed E-state index contributed by atoms with van der Waals surface area (Å²) in [6.07, 6.45) is 0. The van der Waals surface area contributed by atoms with Gasteiger partial charge in [-0.1, -0.05) is 0 Å².